The molecule has 1 N–H and O–H groups in total. The molecule has 0 spiro atoms. The second-order valence-electron chi connectivity index (χ2n) is 11.2. The third kappa shape index (κ3) is 5.32. The van der Waals surface area contributed by atoms with E-state index in [-0.39, 0.29) is 0 Å². The molecular formula is C30H43N3. The predicted molar refractivity (Wildman–Crippen MR) is 138 cm³/mol. The summed E-state index contributed by atoms with van der Waals surface area (Å²) in [5, 5.41) is 15.0. The Bertz CT molecular complexity index is 933. The van der Waals surface area contributed by atoms with Crippen molar-refractivity contribution in [2.24, 2.45) is 5.92 Å². The fourth-order valence-electron chi connectivity index (χ4n) is 7.24. The van der Waals surface area contributed by atoms with Crippen molar-refractivity contribution in [2.75, 3.05) is 6.54 Å². The van der Waals surface area contributed by atoms with Gasteiger partial charge in [0, 0.05) is 29.2 Å². The minimum absolute atomic E-state index is 0.614. The molecule has 1 aromatic heterocycles. The lowest BCUT2D eigenvalue weighted by Crippen LogP contribution is -2.33. The normalized spacial score (nSPS) is 22.4. The van der Waals surface area contributed by atoms with Crippen LogP contribution in [0.3, 0.4) is 0 Å². The molecule has 0 bridgehead atoms. The van der Waals surface area contributed by atoms with Gasteiger partial charge in [-0.15, -0.1) is 0 Å². The maximum Gasteiger partial charge on any atom is 0.0991 e. The Morgan fingerprint density at radius 3 is 2.24 bits per heavy atom. The van der Waals surface area contributed by atoms with Crippen LogP contribution in [-0.2, 0) is 0 Å². The second kappa shape index (κ2) is 11.1. The number of nitrogens with one attached hydrogen (secondary N) is 1. The summed E-state index contributed by atoms with van der Waals surface area (Å²) in [5.74, 6) is 1.41. The van der Waals surface area contributed by atoms with Crippen molar-refractivity contribution in [3.63, 3.8) is 0 Å². The molecule has 2 aromatic rings. The molecule has 3 heteroatoms. The van der Waals surface area contributed by atoms with Crippen LogP contribution in [0, 0.1) is 17.2 Å². The standard InChI is InChI=1S/C30H43N3/c31-21-23-16-17-30-28(20-23)29(22-33(30)26-14-8-3-9-15-26)27(24-10-4-1-5-11-24)18-19-32-25-12-6-2-7-13-25/h16-17,20,22,24-27,32H,1-15,18-19H2. The van der Waals surface area contributed by atoms with Gasteiger partial charge in [-0.1, -0.05) is 57.8 Å². The Balaban J connectivity index is 1.46. The highest BCUT2D eigenvalue weighted by molar-refractivity contribution is 5.86. The average molecular weight is 446 g/mol. The summed E-state index contributed by atoms with van der Waals surface area (Å²) in [6.07, 6.45) is 24.4. The molecule has 1 unspecified atom stereocenters. The van der Waals surface area contributed by atoms with E-state index < -0.39 is 0 Å². The van der Waals surface area contributed by atoms with Crippen molar-refractivity contribution in [3.05, 3.63) is 35.5 Å². The summed E-state index contributed by atoms with van der Waals surface area (Å²) in [7, 11) is 0. The summed E-state index contributed by atoms with van der Waals surface area (Å²) < 4.78 is 2.62. The number of fused-ring (bicyclic) bond motifs is 1. The number of nitriles is 1. The Labute approximate surface area is 200 Å². The zero-order valence-electron chi connectivity index (χ0n) is 20.5. The van der Waals surface area contributed by atoms with E-state index in [4.69, 9.17) is 0 Å². The summed E-state index contributed by atoms with van der Waals surface area (Å²) in [6, 6.07) is 10.3. The van der Waals surface area contributed by atoms with E-state index in [9.17, 15) is 5.26 Å². The van der Waals surface area contributed by atoms with Gasteiger partial charge in [-0.3, -0.25) is 0 Å². The molecule has 3 saturated carbocycles. The van der Waals surface area contributed by atoms with Crippen molar-refractivity contribution in [1.29, 1.82) is 5.26 Å². The summed E-state index contributed by atoms with van der Waals surface area (Å²) in [6.45, 7) is 1.14. The highest BCUT2D eigenvalue weighted by Gasteiger charge is 2.29. The van der Waals surface area contributed by atoms with Crippen LogP contribution in [0.4, 0.5) is 0 Å². The number of aromatic nitrogens is 1. The van der Waals surface area contributed by atoms with Crippen molar-refractivity contribution in [3.8, 4) is 6.07 Å². The first-order valence-corrected chi connectivity index (χ1v) is 14.1. The molecule has 178 valence electrons. The molecule has 5 rings (SSSR count). The van der Waals surface area contributed by atoms with Crippen LogP contribution in [0.5, 0.6) is 0 Å². The number of rotatable bonds is 7. The van der Waals surface area contributed by atoms with Crippen LogP contribution in [-0.4, -0.2) is 17.2 Å². The first kappa shape index (κ1) is 23.0. The van der Waals surface area contributed by atoms with Crippen molar-refractivity contribution in [1.82, 2.24) is 9.88 Å². The predicted octanol–water partition coefficient (Wildman–Crippen LogP) is 7.99. The summed E-state index contributed by atoms with van der Waals surface area (Å²) >= 11 is 0. The lowest BCUT2D eigenvalue weighted by molar-refractivity contribution is 0.284. The molecule has 1 heterocycles. The lowest BCUT2D eigenvalue weighted by atomic mass is 9.75. The minimum Gasteiger partial charge on any atom is -0.344 e. The zero-order chi connectivity index (χ0) is 22.5. The van der Waals surface area contributed by atoms with Crippen LogP contribution < -0.4 is 5.32 Å². The van der Waals surface area contributed by atoms with Gasteiger partial charge >= 0.3 is 0 Å². The lowest BCUT2D eigenvalue weighted by Gasteiger charge is -2.31. The first-order valence-electron chi connectivity index (χ1n) is 14.1. The van der Waals surface area contributed by atoms with Gasteiger partial charge in [-0.25, -0.2) is 0 Å². The van der Waals surface area contributed by atoms with E-state index in [1.54, 1.807) is 5.56 Å². The highest BCUT2D eigenvalue weighted by Crippen LogP contribution is 2.43. The minimum atomic E-state index is 0.614. The third-order valence-corrected chi connectivity index (χ3v) is 9.07. The van der Waals surface area contributed by atoms with Crippen molar-refractivity contribution in [2.45, 2.75) is 121 Å². The van der Waals surface area contributed by atoms with Crippen LogP contribution in [0.2, 0.25) is 0 Å². The third-order valence-electron chi connectivity index (χ3n) is 9.07. The highest BCUT2D eigenvalue weighted by atomic mass is 15.0. The largest absolute Gasteiger partial charge is 0.344 e. The molecule has 0 amide bonds. The molecule has 3 aliphatic carbocycles. The number of hydrogen-bond acceptors (Lipinski definition) is 2. The van der Waals surface area contributed by atoms with E-state index in [0.29, 0.717) is 12.0 Å². The summed E-state index contributed by atoms with van der Waals surface area (Å²) in [5.41, 5.74) is 3.73. The molecule has 0 aliphatic heterocycles. The zero-order valence-corrected chi connectivity index (χ0v) is 20.5. The monoisotopic (exact) mass is 445 g/mol. The molecule has 1 atom stereocenters. The Morgan fingerprint density at radius 2 is 1.55 bits per heavy atom. The fraction of sp³-hybridized carbons (Fsp3) is 0.700. The molecule has 3 fully saturated rings. The number of benzene rings is 1. The maximum absolute atomic E-state index is 9.65. The van der Waals surface area contributed by atoms with Gasteiger partial charge in [0.15, 0.2) is 0 Å². The van der Waals surface area contributed by atoms with Gasteiger partial charge < -0.3 is 9.88 Å². The van der Waals surface area contributed by atoms with Crippen LogP contribution in [0.15, 0.2) is 24.4 Å². The Hall–Kier alpha value is -1.79. The van der Waals surface area contributed by atoms with Gasteiger partial charge in [-0.05, 0) is 87.1 Å². The second-order valence-corrected chi connectivity index (χ2v) is 11.2. The van der Waals surface area contributed by atoms with Gasteiger partial charge in [-0.2, -0.15) is 5.26 Å². The number of hydrogen-bond donors (Lipinski definition) is 1. The van der Waals surface area contributed by atoms with E-state index >= 15 is 0 Å². The molecule has 0 saturated heterocycles. The van der Waals surface area contributed by atoms with Crippen molar-refractivity contribution < 1.29 is 0 Å². The van der Waals surface area contributed by atoms with E-state index in [1.807, 2.05) is 6.07 Å². The summed E-state index contributed by atoms with van der Waals surface area (Å²) in [4.78, 5) is 0. The molecule has 3 nitrogen and oxygen atoms in total. The molecule has 0 radical (unpaired) electrons. The Kier molecular flexibility index (Phi) is 7.72. The van der Waals surface area contributed by atoms with E-state index in [1.165, 1.54) is 114 Å². The van der Waals surface area contributed by atoms with Crippen LogP contribution >= 0.6 is 0 Å². The van der Waals surface area contributed by atoms with E-state index in [2.05, 4.69) is 34.3 Å². The van der Waals surface area contributed by atoms with Gasteiger partial charge in [0.25, 0.3) is 0 Å². The Morgan fingerprint density at radius 1 is 0.879 bits per heavy atom. The molecule has 1 aromatic carbocycles. The van der Waals surface area contributed by atoms with Gasteiger partial charge in [0.05, 0.1) is 11.6 Å². The molecule has 3 aliphatic rings. The van der Waals surface area contributed by atoms with Crippen LogP contribution in [0.25, 0.3) is 10.9 Å². The quantitative estimate of drug-likeness (QED) is 0.469. The average Bonchev–Trinajstić information content (AvgIpc) is 3.27. The molecular weight excluding hydrogens is 402 g/mol. The SMILES string of the molecule is N#Cc1ccc2c(c1)c(C(CCNC1CCCCC1)C1CCCCC1)cn2C1CCCCC1. The van der Waals surface area contributed by atoms with Crippen molar-refractivity contribution >= 4 is 10.9 Å². The molecule has 33 heavy (non-hydrogen) atoms. The van der Waals surface area contributed by atoms with Gasteiger partial charge in [0.2, 0.25) is 0 Å². The maximum atomic E-state index is 9.65. The van der Waals surface area contributed by atoms with Gasteiger partial charge in [0.1, 0.15) is 0 Å². The smallest absolute Gasteiger partial charge is 0.0991 e. The van der Waals surface area contributed by atoms with E-state index in [0.717, 1.165) is 24.1 Å². The van der Waals surface area contributed by atoms with Crippen LogP contribution in [0.1, 0.15) is 126 Å². The fourth-order valence-corrected chi connectivity index (χ4v) is 7.24. The topological polar surface area (TPSA) is 40.8 Å². The first-order chi connectivity index (χ1) is 16.3. The number of nitrogens with zero attached hydrogens (tertiary/aromatic N) is 2.